The van der Waals surface area contributed by atoms with Gasteiger partial charge >= 0.3 is 18.0 Å². The highest BCUT2D eigenvalue weighted by molar-refractivity contribution is 5.87. The molecule has 2 amide bonds. The van der Waals surface area contributed by atoms with Gasteiger partial charge in [-0.25, -0.2) is 14.4 Å². The Morgan fingerprint density at radius 2 is 1.63 bits per heavy atom. The smallest absolute Gasteiger partial charge is 0.326 e. The summed E-state index contributed by atoms with van der Waals surface area (Å²) in [5, 5.41) is 21.5. The number of urea groups is 1. The van der Waals surface area contributed by atoms with E-state index < -0.39 is 30.1 Å². The van der Waals surface area contributed by atoms with Crippen molar-refractivity contribution in [1.82, 2.24) is 10.2 Å². The van der Waals surface area contributed by atoms with E-state index in [0.717, 1.165) is 16.7 Å². The van der Waals surface area contributed by atoms with Crippen molar-refractivity contribution in [2.75, 3.05) is 0 Å². The maximum absolute atomic E-state index is 12.7. The van der Waals surface area contributed by atoms with Crippen LogP contribution in [0.1, 0.15) is 16.7 Å². The molecule has 7 heteroatoms. The molecule has 140 valence electrons. The first kappa shape index (κ1) is 18.4. The molecule has 0 aliphatic carbocycles. The molecule has 0 fully saturated rings. The largest absolute Gasteiger partial charge is 0.480 e. The lowest BCUT2D eigenvalue weighted by molar-refractivity contribution is -0.142. The van der Waals surface area contributed by atoms with Gasteiger partial charge < -0.3 is 20.4 Å². The van der Waals surface area contributed by atoms with Crippen LogP contribution in [-0.2, 0) is 29.0 Å². The van der Waals surface area contributed by atoms with Crippen LogP contribution < -0.4 is 5.32 Å². The number of carbonyl (C=O) groups excluding carboxylic acids is 1. The number of carboxylic acid groups (broad SMARTS) is 2. The number of hydrogen-bond donors (Lipinski definition) is 3. The third-order valence-electron chi connectivity index (χ3n) is 4.67. The van der Waals surface area contributed by atoms with E-state index in [9.17, 15) is 24.6 Å². The highest BCUT2D eigenvalue weighted by Gasteiger charge is 2.36. The fourth-order valence-corrected chi connectivity index (χ4v) is 3.24. The van der Waals surface area contributed by atoms with E-state index in [1.165, 1.54) is 4.90 Å². The maximum Gasteiger partial charge on any atom is 0.326 e. The zero-order chi connectivity index (χ0) is 19.4. The Bertz CT molecular complexity index is 852. The summed E-state index contributed by atoms with van der Waals surface area (Å²) in [6.07, 6.45) is 0.305. The molecule has 0 spiro atoms. The molecule has 7 nitrogen and oxygen atoms in total. The normalized spacial score (nSPS) is 16.9. The topological polar surface area (TPSA) is 107 Å². The standard InChI is InChI=1S/C20H20N2O5/c23-18(24)16(10-13-6-2-1-3-7-13)21-20(27)22-12-15-9-5-4-8-14(15)11-17(22)19(25)26/h1-9,16-17H,10-12H2,(H,21,27)(H,23,24)(H,25,26)/t16-,17-/m0/s1. The van der Waals surface area contributed by atoms with E-state index in [1.807, 2.05) is 30.3 Å². The second kappa shape index (κ2) is 7.90. The van der Waals surface area contributed by atoms with E-state index in [4.69, 9.17) is 0 Å². The van der Waals surface area contributed by atoms with Crippen LogP contribution in [-0.4, -0.2) is 45.2 Å². The van der Waals surface area contributed by atoms with Gasteiger partial charge in [0.15, 0.2) is 0 Å². The van der Waals surface area contributed by atoms with Crippen LogP contribution >= 0.6 is 0 Å². The van der Waals surface area contributed by atoms with Gasteiger partial charge in [0.1, 0.15) is 12.1 Å². The van der Waals surface area contributed by atoms with Crippen LogP contribution in [0.25, 0.3) is 0 Å². The SMILES string of the molecule is O=C(O)[C@H](Cc1ccccc1)NC(=O)N1Cc2ccccc2C[C@H]1C(=O)O. The molecule has 0 unspecified atom stereocenters. The highest BCUT2D eigenvalue weighted by atomic mass is 16.4. The summed E-state index contributed by atoms with van der Waals surface area (Å²) in [7, 11) is 0. The van der Waals surface area contributed by atoms with Crippen molar-refractivity contribution in [2.45, 2.75) is 31.5 Å². The molecule has 1 heterocycles. The molecule has 3 rings (SSSR count). The van der Waals surface area contributed by atoms with E-state index >= 15 is 0 Å². The van der Waals surface area contributed by atoms with Crippen LogP contribution in [0, 0.1) is 0 Å². The molecule has 0 radical (unpaired) electrons. The Balaban J connectivity index is 1.78. The van der Waals surface area contributed by atoms with Gasteiger partial charge in [-0.05, 0) is 16.7 Å². The summed E-state index contributed by atoms with van der Waals surface area (Å²) >= 11 is 0. The molecule has 2 aromatic carbocycles. The minimum atomic E-state index is -1.17. The molecule has 0 aromatic heterocycles. The summed E-state index contributed by atoms with van der Waals surface area (Å²) in [6, 6.07) is 13.4. The fourth-order valence-electron chi connectivity index (χ4n) is 3.24. The van der Waals surface area contributed by atoms with E-state index in [1.54, 1.807) is 24.3 Å². The number of aliphatic carboxylic acids is 2. The summed E-state index contributed by atoms with van der Waals surface area (Å²) in [4.78, 5) is 37.1. The number of amides is 2. The third-order valence-corrected chi connectivity index (χ3v) is 4.67. The Morgan fingerprint density at radius 1 is 1.00 bits per heavy atom. The first-order chi connectivity index (χ1) is 13.0. The molecular formula is C20H20N2O5. The van der Waals surface area contributed by atoms with Gasteiger partial charge in [-0.3, -0.25) is 0 Å². The highest BCUT2D eigenvalue weighted by Crippen LogP contribution is 2.23. The van der Waals surface area contributed by atoms with Crippen LogP contribution in [0.5, 0.6) is 0 Å². The maximum atomic E-state index is 12.7. The van der Waals surface area contributed by atoms with Gasteiger partial charge in [0.25, 0.3) is 0 Å². The lowest BCUT2D eigenvalue weighted by Gasteiger charge is -2.35. The second-order valence-electron chi connectivity index (χ2n) is 6.48. The first-order valence-electron chi connectivity index (χ1n) is 8.59. The minimum absolute atomic E-state index is 0.115. The first-order valence-corrected chi connectivity index (χ1v) is 8.59. The molecule has 1 aliphatic heterocycles. The van der Waals surface area contributed by atoms with Gasteiger partial charge in [0, 0.05) is 19.4 Å². The number of fused-ring (bicyclic) bond motifs is 1. The Hall–Kier alpha value is -3.35. The Morgan fingerprint density at radius 3 is 2.26 bits per heavy atom. The number of rotatable bonds is 5. The number of hydrogen-bond acceptors (Lipinski definition) is 3. The van der Waals surface area contributed by atoms with E-state index in [0.29, 0.717) is 0 Å². The lowest BCUT2D eigenvalue weighted by atomic mass is 9.94. The zero-order valence-electron chi connectivity index (χ0n) is 14.5. The van der Waals surface area contributed by atoms with E-state index in [2.05, 4.69) is 5.32 Å². The number of carbonyl (C=O) groups is 3. The van der Waals surface area contributed by atoms with Gasteiger partial charge in [-0.1, -0.05) is 54.6 Å². The van der Waals surface area contributed by atoms with Crippen molar-refractivity contribution >= 4 is 18.0 Å². The van der Waals surface area contributed by atoms with Gasteiger partial charge in [0.2, 0.25) is 0 Å². The van der Waals surface area contributed by atoms with Gasteiger partial charge in [-0.15, -0.1) is 0 Å². The molecule has 2 atom stereocenters. The quantitative estimate of drug-likeness (QED) is 0.747. The zero-order valence-corrected chi connectivity index (χ0v) is 14.5. The molecule has 0 bridgehead atoms. The minimum Gasteiger partial charge on any atom is -0.480 e. The number of carboxylic acids is 2. The lowest BCUT2D eigenvalue weighted by Crippen LogP contribution is -2.55. The van der Waals surface area contributed by atoms with Crippen LogP contribution in [0.15, 0.2) is 54.6 Å². The van der Waals surface area contributed by atoms with Crippen molar-refractivity contribution in [3.8, 4) is 0 Å². The molecule has 1 aliphatic rings. The Labute approximate surface area is 156 Å². The fraction of sp³-hybridized carbons (Fsp3) is 0.250. The molecule has 2 aromatic rings. The summed E-state index contributed by atoms with van der Waals surface area (Å²) in [5.41, 5.74) is 2.51. The monoisotopic (exact) mass is 368 g/mol. The molecule has 27 heavy (non-hydrogen) atoms. The molecule has 0 saturated heterocycles. The van der Waals surface area contributed by atoms with Crippen molar-refractivity contribution in [2.24, 2.45) is 0 Å². The predicted molar refractivity (Wildman–Crippen MR) is 97.2 cm³/mol. The van der Waals surface area contributed by atoms with Crippen LogP contribution in [0.3, 0.4) is 0 Å². The number of nitrogens with zero attached hydrogens (tertiary/aromatic N) is 1. The summed E-state index contributed by atoms with van der Waals surface area (Å²) in [5.74, 6) is -2.29. The van der Waals surface area contributed by atoms with Crippen molar-refractivity contribution in [3.05, 3.63) is 71.3 Å². The van der Waals surface area contributed by atoms with Crippen LogP contribution in [0.2, 0.25) is 0 Å². The summed E-state index contributed by atoms with van der Waals surface area (Å²) < 4.78 is 0. The van der Waals surface area contributed by atoms with Crippen LogP contribution in [0.4, 0.5) is 4.79 Å². The second-order valence-corrected chi connectivity index (χ2v) is 6.48. The third kappa shape index (κ3) is 4.25. The number of nitrogens with one attached hydrogen (secondary N) is 1. The molecule has 0 saturated carbocycles. The van der Waals surface area contributed by atoms with Crippen molar-refractivity contribution < 1.29 is 24.6 Å². The van der Waals surface area contributed by atoms with E-state index in [-0.39, 0.29) is 19.4 Å². The Kier molecular flexibility index (Phi) is 5.40. The molecular weight excluding hydrogens is 348 g/mol. The predicted octanol–water partition coefficient (Wildman–Crippen LogP) is 1.90. The average molecular weight is 368 g/mol. The summed E-state index contributed by atoms with van der Waals surface area (Å²) in [6.45, 7) is 0.122. The average Bonchev–Trinajstić information content (AvgIpc) is 2.67. The van der Waals surface area contributed by atoms with Crippen molar-refractivity contribution in [3.63, 3.8) is 0 Å². The number of benzene rings is 2. The van der Waals surface area contributed by atoms with Gasteiger partial charge in [0.05, 0.1) is 0 Å². The van der Waals surface area contributed by atoms with Crippen molar-refractivity contribution in [1.29, 1.82) is 0 Å². The molecule has 3 N–H and O–H groups in total. The van der Waals surface area contributed by atoms with Gasteiger partial charge in [-0.2, -0.15) is 0 Å².